The van der Waals surface area contributed by atoms with Gasteiger partial charge in [0.15, 0.2) is 0 Å². The highest BCUT2D eigenvalue weighted by atomic mass is 79.9. The van der Waals surface area contributed by atoms with Crippen molar-refractivity contribution in [2.45, 2.75) is 44.2 Å². The maximum Gasteiger partial charge on any atom is 0.264 e. The number of anilines is 1. The van der Waals surface area contributed by atoms with Crippen LogP contribution in [0.25, 0.3) is 0 Å². The summed E-state index contributed by atoms with van der Waals surface area (Å²) in [4.78, 5) is 29.7. The summed E-state index contributed by atoms with van der Waals surface area (Å²) in [7, 11) is -4.30. The normalized spacial score (nSPS) is 11.9. The van der Waals surface area contributed by atoms with Crippen LogP contribution in [-0.2, 0) is 32.6 Å². The van der Waals surface area contributed by atoms with Gasteiger partial charge in [-0.3, -0.25) is 13.9 Å². The number of benzene rings is 4. The van der Waals surface area contributed by atoms with Gasteiger partial charge in [0.25, 0.3) is 10.0 Å². The van der Waals surface area contributed by atoms with E-state index in [1.807, 2.05) is 68.4 Å². The molecular weight excluding hydrogens is 697 g/mol. The molecule has 4 rings (SSSR count). The zero-order valence-corrected chi connectivity index (χ0v) is 28.8. The Kier molecular flexibility index (Phi) is 12.1. The fourth-order valence-corrected chi connectivity index (χ4v) is 7.09. The highest BCUT2D eigenvalue weighted by Crippen LogP contribution is 2.33. The first-order chi connectivity index (χ1) is 21.5. The summed E-state index contributed by atoms with van der Waals surface area (Å²) in [6, 6.07) is 26.6. The Labute approximate surface area is 283 Å². The number of amides is 2. The molecule has 0 aliphatic heterocycles. The van der Waals surface area contributed by atoms with Gasteiger partial charge in [-0.05, 0) is 66.9 Å². The van der Waals surface area contributed by atoms with E-state index in [1.54, 1.807) is 18.2 Å². The molecule has 0 radical (unpaired) electrons. The lowest BCUT2D eigenvalue weighted by Crippen LogP contribution is -2.53. The number of rotatable bonds is 13. The van der Waals surface area contributed by atoms with Crippen LogP contribution in [0.15, 0.2) is 106 Å². The second kappa shape index (κ2) is 15.8. The van der Waals surface area contributed by atoms with Crippen LogP contribution in [0.2, 0.25) is 10.0 Å². The molecule has 0 saturated carbocycles. The molecule has 0 bridgehead atoms. The third kappa shape index (κ3) is 9.10. The molecule has 11 heteroatoms. The van der Waals surface area contributed by atoms with Gasteiger partial charge in [0, 0.05) is 29.0 Å². The summed E-state index contributed by atoms with van der Waals surface area (Å²) in [5.74, 6) is -0.924. The minimum absolute atomic E-state index is 0.0167. The maximum absolute atomic E-state index is 14.5. The molecule has 0 aromatic heterocycles. The molecule has 0 unspecified atom stereocenters. The van der Waals surface area contributed by atoms with Gasteiger partial charge in [-0.25, -0.2) is 8.42 Å². The van der Waals surface area contributed by atoms with E-state index >= 15 is 0 Å². The Balaban J connectivity index is 1.83. The number of nitrogens with zero attached hydrogens (tertiary/aromatic N) is 2. The Hall–Kier alpha value is -3.37. The summed E-state index contributed by atoms with van der Waals surface area (Å²) in [5.41, 5.74) is 2.53. The number of halogens is 3. The van der Waals surface area contributed by atoms with Crippen LogP contribution in [0.3, 0.4) is 0 Å². The molecule has 2 amide bonds. The molecule has 236 valence electrons. The Morgan fingerprint density at radius 2 is 1.58 bits per heavy atom. The van der Waals surface area contributed by atoms with Gasteiger partial charge in [-0.1, -0.05) is 106 Å². The summed E-state index contributed by atoms with van der Waals surface area (Å²) in [5, 5.41) is 3.28. The monoisotopic (exact) mass is 729 g/mol. The van der Waals surface area contributed by atoms with Crippen molar-refractivity contribution in [3.63, 3.8) is 0 Å². The molecule has 4 aromatic rings. The van der Waals surface area contributed by atoms with E-state index in [0.29, 0.717) is 13.0 Å². The molecule has 0 fully saturated rings. The highest BCUT2D eigenvalue weighted by Gasteiger charge is 2.35. The topological polar surface area (TPSA) is 86.8 Å². The first-order valence-corrected chi connectivity index (χ1v) is 17.4. The third-order valence-electron chi connectivity index (χ3n) is 7.13. The number of aryl methyl sites for hydroxylation is 1. The number of nitrogens with one attached hydrogen (secondary N) is 1. The van der Waals surface area contributed by atoms with Crippen LogP contribution in [0.5, 0.6) is 0 Å². The lowest BCUT2D eigenvalue weighted by molar-refractivity contribution is -0.140. The average Bonchev–Trinajstić information content (AvgIpc) is 3.02. The van der Waals surface area contributed by atoms with Crippen molar-refractivity contribution in [1.29, 1.82) is 0 Å². The Morgan fingerprint density at radius 3 is 2.24 bits per heavy atom. The lowest BCUT2D eigenvalue weighted by atomic mass is 10.0. The SMILES string of the molecule is CCCNC(=O)[C@@H](Cc1ccccc1)N(Cc1cccc(Br)c1)C(=O)CN(c1cc(Cl)ccc1Cl)S(=O)(=O)c1ccc(C)cc1. The molecule has 0 spiro atoms. The van der Waals surface area contributed by atoms with Gasteiger partial charge in [-0.2, -0.15) is 0 Å². The molecule has 45 heavy (non-hydrogen) atoms. The number of hydrogen-bond donors (Lipinski definition) is 1. The van der Waals surface area contributed by atoms with Gasteiger partial charge in [0.05, 0.1) is 15.6 Å². The van der Waals surface area contributed by atoms with Crippen molar-refractivity contribution < 1.29 is 18.0 Å². The molecule has 1 atom stereocenters. The van der Waals surface area contributed by atoms with Crippen LogP contribution in [-0.4, -0.2) is 44.3 Å². The van der Waals surface area contributed by atoms with E-state index in [9.17, 15) is 18.0 Å². The second-order valence-electron chi connectivity index (χ2n) is 10.6. The van der Waals surface area contributed by atoms with E-state index in [4.69, 9.17) is 23.2 Å². The highest BCUT2D eigenvalue weighted by molar-refractivity contribution is 9.10. The maximum atomic E-state index is 14.5. The molecule has 4 aromatic carbocycles. The molecular formula is C34H34BrCl2N3O4S. The van der Waals surface area contributed by atoms with E-state index in [2.05, 4.69) is 21.2 Å². The predicted octanol–water partition coefficient (Wildman–Crippen LogP) is 7.43. The van der Waals surface area contributed by atoms with Crippen LogP contribution in [0.4, 0.5) is 5.69 Å². The largest absolute Gasteiger partial charge is 0.354 e. The van der Waals surface area contributed by atoms with Gasteiger partial charge in [0.1, 0.15) is 12.6 Å². The van der Waals surface area contributed by atoms with Crippen LogP contribution < -0.4 is 9.62 Å². The lowest BCUT2D eigenvalue weighted by Gasteiger charge is -2.34. The van der Waals surface area contributed by atoms with Crippen LogP contribution in [0, 0.1) is 6.92 Å². The number of sulfonamides is 1. The van der Waals surface area contributed by atoms with Crippen molar-refractivity contribution in [2.75, 3.05) is 17.4 Å². The summed E-state index contributed by atoms with van der Waals surface area (Å²) >= 11 is 16.3. The van der Waals surface area contributed by atoms with Crippen LogP contribution in [0.1, 0.15) is 30.0 Å². The Bertz CT molecular complexity index is 1740. The molecule has 0 aliphatic carbocycles. The zero-order chi connectivity index (χ0) is 32.6. The first-order valence-electron chi connectivity index (χ1n) is 14.4. The third-order valence-corrected chi connectivity index (χ3v) is 9.95. The van der Waals surface area contributed by atoms with Gasteiger partial charge >= 0.3 is 0 Å². The van der Waals surface area contributed by atoms with Crippen LogP contribution >= 0.6 is 39.1 Å². The molecule has 0 heterocycles. The van der Waals surface area contributed by atoms with E-state index < -0.39 is 28.5 Å². The van der Waals surface area contributed by atoms with Crippen molar-refractivity contribution >= 4 is 66.7 Å². The average molecular weight is 732 g/mol. The second-order valence-corrected chi connectivity index (χ2v) is 14.2. The Morgan fingerprint density at radius 1 is 0.889 bits per heavy atom. The summed E-state index contributed by atoms with van der Waals surface area (Å²) < 4.78 is 30.1. The van der Waals surface area contributed by atoms with E-state index in [1.165, 1.54) is 29.2 Å². The minimum Gasteiger partial charge on any atom is -0.354 e. The van der Waals surface area contributed by atoms with Crippen molar-refractivity contribution in [2.24, 2.45) is 0 Å². The summed E-state index contributed by atoms with van der Waals surface area (Å²) in [6.07, 6.45) is 0.929. The standard InChI is InChI=1S/C34H34BrCl2N3O4S/c1-3-18-38-34(42)32(20-25-8-5-4-6-9-25)39(22-26-10-7-11-27(35)19-26)33(41)23-40(31-21-28(36)14-17-30(31)37)45(43,44)29-15-12-24(2)13-16-29/h4-17,19,21,32H,3,18,20,22-23H2,1-2H3,(H,38,42)/t32-/m1/s1. The van der Waals surface area contributed by atoms with Gasteiger partial charge < -0.3 is 10.2 Å². The minimum atomic E-state index is -4.30. The number of carbonyl (C=O) groups is 2. The molecule has 0 saturated heterocycles. The fourth-order valence-electron chi connectivity index (χ4n) is 4.78. The molecule has 1 N–H and O–H groups in total. The quantitative estimate of drug-likeness (QED) is 0.155. The van der Waals surface area contributed by atoms with E-state index in [0.717, 1.165) is 25.5 Å². The summed E-state index contributed by atoms with van der Waals surface area (Å²) in [6.45, 7) is 3.64. The first kappa shape index (κ1) is 34.5. The van der Waals surface area contributed by atoms with Crippen molar-refractivity contribution in [3.8, 4) is 0 Å². The smallest absolute Gasteiger partial charge is 0.264 e. The number of carbonyl (C=O) groups excluding carboxylic acids is 2. The predicted molar refractivity (Wildman–Crippen MR) is 184 cm³/mol. The van der Waals surface area contributed by atoms with Gasteiger partial charge in [0.2, 0.25) is 11.8 Å². The zero-order valence-electron chi connectivity index (χ0n) is 24.9. The van der Waals surface area contributed by atoms with Crippen molar-refractivity contribution in [1.82, 2.24) is 10.2 Å². The fraction of sp³-hybridized carbons (Fsp3) is 0.235. The number of hydrogen-bond acceptors (Lipinski definition) is 4. The van der Waals surface area contributed by atoms with Crippen molar-refractivity contribution in [3.05, 3.63) is 128 Å². The van der Waals surface area contributed by atoms with Gasteiger partial charge in [-0.15, -0.1) is 0 Å². The molecule has 0 aliphatic rings. The van der Waals surface area contributed by atoms with E-state index in [-0.39, 0.29) is 39.5 Å². The molecule has 7 nitrogen and oxygen atoms in total.